The predicted octanol–water partition coefficient (Wildman–Crippen LogP) is 3.86. The highest BCUT2D eigenvalue weighted by atomic mass is 14.5. The zero-order valence-electron chi connectivity index (χ0n) is 8.84. The summed E-state index contributed by atoms with van der Waals surface area (Å²) >= 11 is 0. The first-order chi connectivity index (χ1) is 6.36. The van der Waals surface area contributed by atoms with Crippen molar-refractivity contribution in [1.29, 1.82) is 0 Å². The molecule has 0 spiro atoms. The van der Waals surface area contributed by atoms with Crippen molar-refractivity contribution in [3.63, 3.8) is 0 Å². The second kappa shape index (κ2) is 3.00. The molecule has 3 aliphatic carbocycles. The molecule has 3 rings (SSSR count). The molecule has 0 aliphatic heterocycles. The van der Waals surface area contributed by atoms with Gasteiger partial charge in [0.05, 0.1) is 0 Å². The van der Waals surface area contributed by atoms with Gasteiger partial charge in [-0.05, 0) is 48.9 Å². The van der Waals surface area contributed by atoms with Crippen molar-refractivity contribution in [2.75, 3.05) is 0 Å². The van der Waals surface area contributed by atoms with Gasteiger partial charge in [-0.2, -0.15) is 0 Å². The fourth-order valence-electron chi connectivity index (χ4n) is 4.69. The Labute approximate surface area is 82.1 Å². The van der Waals surface area contributed by atoms with Gasteiger partial charge in [-0.1, -0.05) is 32.6 Å². The predicted molar refractivity (Wildman–Crippen MR) is 55.4 cm³/mol. The van der Waals surface area contributed by atoms with E-state index in [0.29, 0.717) is 0 Å². The first-order valence-electron chi connectivity index (χ1n) is 6.36. The molecule has 74 valence electrons. The van der Waals surface area contributed by atoms with E-state index in [0.717, 1.165) is 17.8 Å². The van der Waals surface area contributed by atoms with E-state index in [1.165, 1.54) is 18.3 Å². The molecule has 0 N–H and O–H groups in total. The molecule has 13 heavy (non-hydrogen) atoms. The molecule has 5 atom stereocenters. The van der Waals surface area contributed by atoms with Crippen molar-refractivity contribution in [3.8, 4) is 0 Å². The molecule has 0 saturated heterocycles. The number of hydrogen-bond acceptors (Lipinski definition) is 0. The summed E-state index contributed by atoms with van der Waals surface area (Å²) in [5.41, 5.74) is 0. The second-order valence-electron chi connectivity index (χ2n) is 5.83. The van der Waals surface area contributed by atoms with Crippen molar-refractivity contribution >= 4 is 0 Å². The SMILES string of the molecule is CC1CCC2C1CC1CCCCC12. The smallest absolute Gasteiger partial charge is 0.0352 e. The van der Waals surface area contributed by atoms with E-state index < -0.39 is 0 Å². The number of hydrogen-bond donors (Lipinski definition) is 0. The summed E-state index contributed by atoms with van der Waals surface area (Å²) in [4.78, 5) is 0. The zero-order chi connectivity index (χ0) is 8.84. The van der Waals surface area contributed by atoms with Crippen LogP contribution in [0.3, 0.4) is 0 Å². The van der Waals surface area contributed by atoms with Gasteiger partial charge < -0.3 is 0 Å². The Morgan fingerprint density at radius 1 is 0.769 bits per heavy atom. The van der Waals surface area contributed by atoms with E-state index in [-0.39, 0.29) is 0 Å². The lowest BCUT2D eigenvalue weighted by atomic mass is 9.77. The molecule has 0 aromatic heterocycles. The lowest BCUT2D eigenvalue weighted by molar-refractivity contribution is 0.223. The average molecular weight is 178 g/mol. The standard InChI is InChI=1S/C13H22/c1-9-6-7-12-11-5-3-2-4-10(11)8-13(9)12/h9-13H,2-8H2,1H3. The summed E-state index contributed by atoms with van der Waals surface area (Å²) in [6, 6.07) is 0. The third kappa shape index (κ3) is 1.17. The maximum atomic E-state index is 2.50. The average Bonchev–Trinajstić information content (AvgIpc) is 2.67. The van der Waals surface area contributed by atoms with Crippen molar-refractivity contribution in [2.45, 2.75) is 51.9 Å². The van der Waals surface area contributed by atoms with Crippen molar-refractivity contribution in [2.24, 2.45) is 29.6 Å². The van der Waals surface area contributed by atoms with Gasteiger partial charge in [0.15, 0.2) is 0 Å². The molecule has 5 unspecified atom stereocenters. The lowest BCUT2D eigenvalue weighted by Gasteiger charge is -2.28. The number of rotatable bonds is 0. The Kier molecular flexibility index (Phi) is 1.92. The van der Waals surface area contributed by atoms with Crippen LogP contribution < -0.4 is 0 Å². The van der Waals surface area contributed by atoms with Gasteiger partial charge in [-0.25, -0.2) is 0 Å². The van der Waals surface area contributed by atoms with Crippen LogP contribution in [0.5, 0.6) is 0 Å². The molecule has 0 nitrogen and oxygen atoms in total. The fourth-order valence-corrected chi connectivity index (χ4v) is 4.69. The van der Waals surface area contributed by atoms with Gasteiger partial charge in [-0.15, -0.1) is 0 Å². The van der Waals surface area contributed by atoms with E-state index in [1.54, 1.807) is 38.5 Å². The van der Waals surface area contributed by atoms with Crippen LogP contribution in [-0.4, -0.2) is 0 Å². The molecule has 3 fully saturated rings. The summed E-state index contributed by atoms with van der Waals surface area (Å²) in [5, 5.41) is 0. The monoisotopic (exact) mass is 178 g/mol. The highest BCUT2D eigenvalue weighted by molar-refractivity contribution is 4.97. The van der Waals surface area contributed by atoms with Gasteiger partial charge in [-0.3, -0.25) is 0 Å². The van der Waals surface area contributed by atoms with E-state index in [9.17, 15) is 0 Å². The quantitative estimate of drug-likeness (QED) is 0.528. The Morgan fingerprint density at radius 3 is 2.54 bits per heavy atom. The van der Waals surface area contributed by atoms with Crippen LogP contribution in [0.4, 0.5) is 0 Å². The topological polar surface area (TPSA) is 0 Å². The van der Waals surface area contributed by atoms with Crippen LogP contribution in [0.2, 0.25) is 0 Å². The zero-order valence-corrected chi connectivity index (χ0v) is 8.84. The van der Waals surface area contributed by atoms with Gasteiger partial charge in [0.2, 0.25) is 0 Å². The molecule has 0 radical (unpaired) electrons. The molecule has 3 aliphatic rings. The minimum atomic E-state index is 1.07. The largest absolute Gasteiger partial charge is 0.0622 e. The molecular weight excluding hydrogens is 156 g/mol. The van der Waals surface area contributed by atoms with Gasteiger partial charge in [0.1, 0.15) is 0 Å². The Bertz CT molecular complexity index is 194. The van der Waals surface area contributed by atoms with Gasteiger partial charge in [0.25, 0.3) is 0 Å². The summed E-state index contributed by atoms with van der Waals surface area (Å²) < 4.78 is 0. The molecule has 0 bridgehead atoms. The minimum absolute atomic E-state index is 1.07. The molecule has 0 heteroatoms. The first kappa shape index (κ1) is 8.32. The highest BCUT2D eigenvalue weighted by Gasteiger charge is 2.48. The van der Waals surface area contributed by atoms with Crippen LogP contribution in [0.15, 0.2) is 0 Å². The summed E-state index contributed by atoms with van der Waals surface area (Å²) in [7, 11) is 0. The van der Waals surface area contributed by atoms with E-state index in [1.807, 2.05) is 0 Å². The fraction of sp³-hybridized carbons (Fsp3) is 1.00. The molecule has 0 heterocycles. The van der Waals surface area contributed by atoms with E-state index in [2.05, 4.69) is 6.92 Å². The second-order valence-corrected chi connectivity index (χ2v) is 5.83. The highest BCUT2D eigenvalue weighted by Crippen LogP contribution is 2.57. The summed E-state index contributed by atoms with van der Waals surface area (Å²) in [5.74, 6) is 5.71. The number of fused-ring (bicyclic) bond motifs is 3. The Hall–Kier alpha value is 0. The van der Waals surface area contributed by atoms with Gasteiger partial charge in [0, 0.05) is 0 Å². The van der Waals surface area contributed by atoms with Crippen LogP contribution in [0, 0.1) is 29.6 Å². The molecular formula is C13H22. The van der Waals surface area contributed by atoms with Crippen LogP contribution >= 0.6 is 0 Å². The molecule has 0 aromatic rings. The van der Waals surface area contributed by atoms with Gasteiger partial charge >= 0.3 is 0 Å². The van der Waals surface area contributed by atoms with Crippen molar-refractivity contribution in [3.05, 3.63) is 0 Å². The molecule has 0 amide bonds. The Balaban J connectivity index is 1.79. The third-order valence-corrected chi connectivity index (χ3v) is 5.33. The first-order valence-corrected chi connectivity index (χ1v) is 6.36. The summed E-state index contributed by atoms with van der Waals surface area (Å²) in [6.45, 7) is 2.50. The molecule has 0 aromatic carbocycles. The normalized spacial score (nSPS) is 54.7. The maximum absolute atomic E-state index is 2.50. The van der Waals surface area contributed by atoms with E-state index in [4.69, 9.17) is 0 Å². The van der Waals surface area contributed by atoms with Crippen LogP contribution in [0.1, 0.15) is 51.9 Å². The summed E-state index contributed by atoms with van der Waals surface area (Å²) in [6.07, 6.45) is 11.0. The van der Waals surface area contributed by atoms with Crippen molar-refractivity contribution in [1.82, 2.24) is 0 Å². The van der Waals surface area contributed by atoms with Crippen LogP contribution in [-0.2, 0) is 0 Å². The van der Waals surface area contributed by atoms with Crippen LogP contribution in [0.25, 0.3) is 0 Å². The van der Waals surface area contributed by atoms with E-state index >= 15 is 0 Å². The minimum Gasteiger partial charge on any atom is -0.0622 e. The third-order valence-electron chi connectivity index (χ3n) is 5.33. The maximum Gasteiger partial charge on any atom is -0.0352 e. The lowest BCUT2D eigenvalue weighted by Crippen LogP contribution is -2.18. The van der Waals surface area contributed by atoms with Crippen molar-refractivity contribution < 1.29 is 0 Å². The Morgan fingerprint density at radius 2 is 1.62 bits per heavy atom. The molecule has 3 saturated carbocycles.